The van der Waals surface area contributed by atoms with E-state index in [0.29, 0.717) is 0 Å². The molecule has 0 amide bonds. The number of rotatable bonds is 17. The lowest BCUT2D eigenvalue weighted by atomic mass is 9.82. The van der Waals surface area contributed by atoms with Crippen molar-refractivity contribution in [2.75, 3.05) is 0 Å². The molecule has 0 aromatic rings. The van der Waals surface area contributed by atoms with Crippen LogP contribution in [0.3, 0.4) is 0 Å². The molecule has 0 aliphatic carbocycles. The van der Waals surface area contributed by atoms with E-state index in [2.05, 4.69) is 34.1 Å². The van der Waals surface area contributed by atoms with Gasteiger partial charge in [-0.2, -0.15) is 0 Å². The summed E-state index contributed by atoms with van der Waals surface area (Å²) in [6.07, 6.45) is 24.1. The minimum Gasteiger partial charge on any atom is -0.0654 e. The van der Waals surface area contributed by atoms with E-state index >= 15 is 0 Å². The largest absolute Gasteiger partial charge is 0.0654 e. The van der Waals surface area contributed by atoms with Crippen LogP contribution in [0, 0.1) is 18.3 Å². The smallest absolute Gasteiger partial charge is 0.0324 e. The van der Waals surface area contributed by atoms with E-state index in [1.807, 2.05) is 0 Å². The van der Waals surface area contributed by atoms with Crippen molar-refractivity contribution < 1.29 is 0 Å². The van der Waals surface area contributed by atoms with Gasteiger partial charge in [0.15, 0.2) is 0 Å². The van der Waals surface area contributed by atoms with Crippen LogP contribution in [0.4, 0.5) is 0 Å². The molecule has 0 heteroatoms. The Morgan fingerprint density at radius 3 is 1.27 bits per heavy atom. The van der Waals surface area contributed by atoms with E-state index in [0.717, 1.165) is 11.8 Å². The van der Waals surface area contributed by atoms with Crippen molar-refractivity contribution in [3.05, 3.63) is 6.42 Å². The summed E-state index contributed by atoms with van der Waals surface area (Å²) in [7, 11) is 0. The number of unbranched alkanes of at least 4 members (excludes halogenated alkanes) is 7. The molecule has 0 spiro atoms. The van der Waals surface area contributed by atoms with Gasteiger partial charge in [0, 0.05) is 0 Å². The molecule has 0 fully saturated rings. The fraction of sp³-hybridized carbons (Fsp3) is 0.955. The van der Waals surface area contributed by atoms with Gasteiger partial charge in [-0.15, -0.1) is 0 Å². The van der Waals surface area contributed by atoms with Gasteiger partial charge in [0.2, 0.25) is 0 Å². The Kier molecular flexibility index (Phi) is 17.4. The first-order chi connectivity index (χ1) is 10.8. The van der Waals surface area contributed by atoms with Crippen LogP contribution < -0.4 is 0 Å². The Balaban J connectivity index is 4.22. The van der Waals surface area contributed by atoms with Crippen LogP contribution in [-0.4, -0.2) is 0 Å². The number of hydrogen-bond donors (Lipinski definition) is 0. The predicted molar refractivity (Wildman–Crippen MR) is 103 cm³/mol. The van der Waals surface area contributed by atoms with E-state index in [9.17, 15) is 0 Å². The lowest BCUT2D eigenvalue weighted by molar-refractivity contribution is 0.372. The zero-order valence-corrected chi connectivity index (χ0v) is 16.3. The summed E-state index contributed by atoms with van der Waals surface area (Å²) in [4.78, 5) is 0. The molecule has 0 aliphatic heterocycles. The maximum absolute atomic E-state index is 2.80. The summed E-state index contributed by atoms with van der Waals surface area (Å²) in [5.74, 6) is 1.81. The standard InChI is InChI=1S/C22H45/c1-5-9-13-15-19-22(17-12-8-4)20-21(16-11-7-3)18-14-10-6-2/h20-22H,5-19H2,1-4H3. The molecule has 0 bridgehead atoms. The van der Waals surface area contributed by atoms with Crippen LogP contribution in [-0.2, 0) is 0 Å². The van der Waals surface area contributed by atoms with Gasteiger partial charge < -0.3 is 0 Å². The van der Waals surface area contributed by atoms with E-state index in [4.69, 9.17) is 0 Å². The molecule has 2 atom stereocenters. The minimum atomic E-state index is 0.902. The van der Waals surface area contributed by atoms with Crippen LogP contribution in [0.5, 0.6) is 0 Å². The summed E-state index contributed by atoms with van der Waals surface area (Å²) >= 11 is 0. The van der Waals surface area contributed by atoms with Crippen LogP contribution in [0.1, 0.15) is 124 Å². The third kappa shape index (κ3) is 13.6. The highest BCUT2D eigenvalue weighted by atomic mass is 14.2. The van der Waals surface area contributed by atoms with Crippen molar-refractivity contribution in [3.8, 4) is 0 Å². The van der Waals surface area contributed by atoms with Crippen LogP contribution in [0.2, 0.25) is 0 Å². The van der Waals surface area contributed by atoms with Gasteiger partial charge in [-0.05, 0) is 18.3 Å². The zero-order chi connectivity index (χ0) is 16.5. The average molecular weight is 310 g/mol. The molecule has 0 N–H and O–H groups in total. The molecule has 0 aromatic carbocycles. The highest BCUT2D eigenvalue weighted by molar-refractivity contribution is 4.84. The van der Waals surface area contributed by atoms with Crippen LogP contribution >= 0.6 is 0 Å². The lowest BCUT2D eigenvalue weighted by Gasteiger charge is -2.23. The van der Waals surface area contributed by atoms with Crippen molar-refractivity contribution >= 4 is 0 Å². The molecular weight excluding hydrogens is 264 g/mol. The molecule has 0 aromatic heterocycles. The van der Waals surface area contributed by atoms with Crippen molar-refractivity contribution in [3.63, 3.8) is 0 Å². The van der Waals surface area contributed by atoms with E-state index < -0.39 is 0 Å². The van der Waals surface area contributed by atoms with Crippen LogP contribution in [0.15, 0.2) is 0 Å². The molecule has 133 valence electrons. The molecule has 0 heterocycles. The monoisotopic (exact) mass is 309 g/mol. The van der Waals surface area contributed by atoms with Gasteiger partial charge in [-0.1, -0.05) is 124 Å². The Hall–Kier alpha value is 0. The third-order valence-corrected chi connectivity index (χ3v) is 5.01. The second-order valence-corrected chi connectivity index (χ2v) is 7.34. The summed E-state index contributed by atoms with van der Waals surface area (Å²) in [6.45, 7) is 9.31. The van der Waals surface area contributed by atoms with Gasteiger partial charge >= 0.3 is 0 Å². The van der Waals surface area contributed by atoms with Gasteiger partial charge in [0.05, 0.1) is 0 Å². The normalized spacial score (nSPS) is 14.2. The minimum absolute atomic E-state index is 0.902. The second-order valence-electron chi connectivity index (χ2n) is 7.34. The maximum Gasteiger partial charge on any atom is -0.0324 e. The quantitative estimate of drug-likeness (QED) is 0.237. The molecule has 0 aliphatic rings. The van der Waals surface area contributed by atoms with Crippen molar-refractivity contribution in [1.82, 2.24) is 0 Å². The molecule has 22 heavy (non-hydrogen) atoms. The van der Waals surface area contributed by atoms with Gasteiger partial charge in [0.1, 0.15) is 0 Å². The maximum atomic E-state index is 2.80. The first-order valence-electron chi connectivity index (χ1n) is 10.6. The molecule has 1 radical (unpaired) electrons. The highest BCUT2D eigenvalue weighted by Gasteiger charge is 2.16. The summed E-state index contributed by atoms with van der Waals surface area (Å²) in [6, 6.07) is 0. The van der Waals surface area contributed by atoms with Crippen molar-refractivity contribution in [2.45, 2.75) is 124 Å². The SMILES string of the molecule is CCCCCCC([CH]C(CCCC)CCCCC)CCCC. The first-order valence-corrected chi connectivity index (χ1v) is 10.6. The molecular formula is C22H45. The Morgan fingerprint density at radius 2 is 0.818 bits per heavy atom. The van der Waals surface area contributed by atoms with E-state index in [1.54, 1.807) is 0 Å². The van der Waals surface area contributed by atoms with E-state index in [1.165, 1.54) is 96.3 Å². The predicted octanol–water partition coefficient (Wildman–Crippen LogP) is 8.35. The fourth-order valence-electron chi connectivity index (χ4n) is 3.48. The average Bonchev–Trinajstić information content (AvgIpc) is 2.53. The Bertz CT molecular complexity index is 196. The van der Waals surface area contributed by atoms with E-state index in [-0.39, 0.29) is 0 Å². The first kappa shape index (κ1) is 22.0. The van der Waals surface area contributed by atoms with Gasteiger partial charge in [0.25, 0.3) is 0 Å². The third-order valence-electron chi connectivity index (χ3n) is 5.01. The van der Waals surface area contributed by atoms with Gasteiger partial charge in [-0.25, -0.2) is 0 Å². The van der Waals surface area contributed by atoms with Crippen LogP contribution in [0.25, 0.3) is 0 Å². The lowest BCUT2D eigenvalue weighted by Crippen LogP contribution is -2.11. The second kappa shape index (κ2) is 17.4. The topological polar surface area (TPSA) is 0 Å². The zero-order valence-electron chi connectivity index (χ0n) is 16.3. The van der Waals surface area contributed by atoms with Crippen molar-refractivity contribution in [2.24, 2.45) is 11.8 Å². The molecule has 2 unspecified atom stereocenters. The Morgan fingerprint density at radius 1 is 0.455 bits per heavy atom. The summed E-state index contributed by atoms with van der Waals surface area (Å²) in [5.41, 5.74) is 0. The van der Waals surface area contributed by atoms with Gasteiger partial charge in [-0.3, -0.25) is 0 Å². The molecule has 0 rings (SSSR count). The van der Waals surface area contributed by atoms with Crippen molar-refractivity contribution in [1.29, 1.82) is 0 Å². The molecule has 0 nitrogen and oxygen atoms in total. The summed E-state index contributed by atoms with van der Waals surface area (Å²) < 4.78 is 0. The molecule has 0 saturated carbocycles. The fourth-order valence-corrected chi connectivity index (χ4v) is 3.48. The molecule has 0 saturated heterocycles. The Labute approximate surface area is 142 Å². The number of hydrogen-bond acceptors (Lipinski definition) is 0. The highest BCUT2D eigenvalue weighted by Crippen LogP contribution is 2.29. The summed E-state index contributed by atoms with van der Waals surface area (Å²) in [5, 5.41) is 0.